The number of alkyl halides is 3. The second-order valence-electron chi connectivity index (χ2n) is 6.08. The summed E-state index contributed by atoms with van der Waals surface area (Å²) in [6.45, 7) is 0.903. The van der Waals surface area contributed by atoms with Crippen molar-refractivity contribution in [3.8, 4) is 0 Å². The van der Waals surface area contributed by atoms with E-state index >= 15 is 0 Å². The second-order valence-corrected chi connectivity index (χ2v) is 6.08. The van der Waals surface area contributed by atoms with Crippen molar-refractivity contribution < 1.29 is 32.6 Å². The van der Waals surface area contributed by atoms with E-state index in [9.17, 15) is 22.8 Å². The first-order valence-corrected chi connectivity index (χ1v) is 7.85. The van der Waals surface area contributed by atoms with Crippen LogP contribution in [0.25, 0.3) is 11.0 Å². The van der Waals surface area contributed by atoms with Gasteiger partial charge in [0.05, 0.1) is 23.7 Å². The van der Waals surface area contributed by atoms with Gasteiger partial charge in [0.15, 0.2) is 6.10 Å². The van der Waals surface area contributed by atoms with Crippen LogP contribution in [-0.4, -0.2) is 56.7 Å². The van der Waals surface area contributed by atoms with Crippen LogP contribution in [0.15, 0.2) is 24.3 Å². The first-order valence-electron chi connectivity index (χ1n) is 7.85. The molecule has 0 aliphatic carbocycles. The molecule has 0 saturated carbocycles. The van der Waals surface area contributed by atoms with E-state index in [1.54, 1.807) is 19.1 Å². The van der Waals surface area contributed by atoms with Crippen LogP contribution < -0.4 is 0 Å². The summed E-state index contributed by atoms with van der Waals surface area (Å²) in [5, 5.41) is 9.08. The van der Waals surface area contributed by atoms with Crippen molar-refractivity contribution >= 4 is 22.9 Å². The average Bonchev–Trinajstić information content (AvgIpc) is 2.93. The molecule has 1 unspecified atom stereocenters. The molecule has 1 aliphatic rings. The Labute approximate surface area is 146 Å². The Morgan fingerprint density at radius 2 is 2.00 bits per heavy atom. The minimum Gasteiger partial charge on any atom is -0.479 e. The molecule has 1 saturated heterocycles. The number of aliphatic carboxylic acids is 1. The van der Waals surface area contributed by atoms with E-state index in [1.807, 2.05) is 0 Å². The van der Waals surface area contributed by atoms with Gasteiger partial charge in [0.2, 0.25) is 11.7 Å². The van der Waals surface area contributed by atoms with Crippen molar-refractivity contribution in [2.75, 3.05) is 13.1 Å². The van der Waals surface area contributed by atoms with Crippen molar-refractivity contribution in [2.45, 2.75) is 31.9 Å². The predicted octanol–water partition coefficient (Wildman–Crippen LogP) is 1.76. The number of halogens is 3. The quantitative estimate of drug-likeness (QED) is 0.889. The molecule has 0 bridgehead atoms. The van der Waals surface area contributed by atoms with Gasteiger partial charge in [0, 0.05) is 6.54 Å². The number of aromatic nitrogens is 2. The maximum Gasteiger partial charge on any atom is 0.449 e. The number of benzene rings is 1. The number of ether oxygens (including phenoxy) is 1. The van der Waals surface area contributed by atoms with E-state index < -0.39 is 42.6 Å². The lowest BCUT2D eigenvalue weighted by atomic mass is 10.2. The number of carbonyl (C=O) groups is 2. The van der Waals surface area contributed by atoms with Gasteiger partial charge in [-0.15, -0.1) is 0 Å². The van der Waals surface area contributed by atoms with E-state index in [0.29, 0.717) is 0 Å². The third kappa shape index (κ3) is 3.50. The molecule has 7 nitrogen and oxygen atoms in total. The fraction of sp³-hybridized carbons (Fsp3) is 0.438. The number of hydrogen-bond acceptors (Lipinski definition) is 4. The number of imidazole rings is 1. The van der Waals surface area contributed by atoms with Gasteiger partial charge in [0.1, 0.15) is 6.54 Å². The molecule has 1 aliphatic heterocycles. The number of fused-ring (bicyclic) bond motifs is 1. The van der Waals surface area contributed by atoms with Crippen molar-refractivity contribution in [1.82, 2.24) is 14.5 Å². The number of carboxylic acid groups (broad SMARTS) is 1. The van der Waals surface area contributed by atoms with Crippen molar-refractivity contribution in [3.63, 3.8) is 0 Å². The summed E-state index contributed by atoms with van der Waals surface area (Å²) in [4.78, 5) is 28.5. The SMILES string of the molecule is C[C@@H]1CN(C(=O)Cn2c(C(F)(F)F)nc3ccccc32)CC(C(=O)O)O1. The fourth-order valence-electron chi connectivity index (χ4n) is 2.98. The molecule has 1 fully saturated rings. The molecule has 1 aromatic heterocycles. The molecule has 1 N–H and O–H groups in total. The minimum atomic E-state index is -4.72. The molecule has 26 heavy (non-hydrogen) atoms. The summed E-state index contributed by atoms with van der Waals surface area (Å²) in [6, 6.07) is 6.00. The molecule has 3 rings (SSSR count). The number of nitrogens with zero attached hydrogens (tertiary/aromatic N) is 3. The summed E-state index contributed by atoms with van der Waals surface area (Å²) < 4.78 is 45.9. The van der Waals surface area contributed by atoms with Crippen LogP contribution in [-0.2, 0) is 27.0 Å². The third-order valence-corrected chi connectivity index (χ3v) is 4.09. The van der Waals surface area contributed by atoms with Gasteiger partial charge in [0.25, 0.3) is 0 Å². The first kappa shape index (κ1) is 18.2. The van der Waals surface area contributed by atoms with Crippen LogP contribution in [0.1, 0.15) is 12.7 Å². The zero-order chi connectivity index (χ0) is 19.1. The van der Waals surface area contributed by atoms with Gasteiger partial charge in [-0.25, -0.2) is 9.78 Å². The molecular weight excluding hydrogens is 355 g/mol. The largest absolute Gasteiger partial charge is 0.479 e. The van der Waals surface area contributed by atoms with Crippen LogP contribution in [0.2, 0.25) is 0 Å². The summed E-state index contributed by atoms with van der Waals surface area (Å²) in [5.74, 6) is -3.01. The molecule has 10 heteroatoms. The number of morpholine rings is 1. The van der Waals surface area contributed by atoms with Crippen LogP contribution in [0.3, 0.4) is 0 Å². The number of amides is 1. The zero-order valence-electron chi connectivity index (χ0n) is 13.7. The maximum atomic E-state index is 13.3. The van der Waals surface area contributed by atoms with E-state index in [0.717, 1.165) is 4.57 Å². The molecule has 2 heterocycles. The van der Waals surface area contributed by atoms with Gasteiger partial charge in [-0.1, -0.05) is 12.1 Å². The number of carboxylic acids is 1. The summed E-state index contributed by atoms with van der Waals surface area (Å²) in [5.41, 5.74) is 0.315. The Morgan fingerprint density at radius 1 is 1.31 bits per heavy atom. The monoisotopic (exact) mass is 371 g/mol. The van der Waals surface area contributed by atoms with Crippen LogP contribution in [0, 0.1) is 0 Å². The highest BCUT2D eigenvalue weighted by Gasteiger charge is 2.39. The Kier molecular flexibility index (Phi) is 4.61. The highest BCUT2D eigenvalue weighted by Crippen LogP contribution is 2.31. The van der Waals surface area contributed by atoms with Crippen molar-refractivity contribution in [1.29, 1.82) is 0 Å². The van der Waals surface area contributed by atoms with Gasteiger partial charge in [-0.3, -0.25) is 4.79 Å². The molecular formula is C16H16F3N3O4. The van der Waals surface area contributed by atoms with Gasteiger partial charge in [-0.05, 0) is 19.1 Å². The van der Waals surface area contributed by atoms with Crippen LogP contribution >= 0.6 is 0 Å². The van der Waals surface area contributed by atoms with E-state index in [1.165, 1.54) is 17.0 Å². The number of hydrogen-bond donors (Lipinski definition) is 1. The second kappa shape index (κ2) is 6.60. The van der Waals surface area contributed by atoms with E-state index in [2.05, 4.69) is 4.98 Å². The average molecular weight is 371 g/mol. The standard InChI is InChI=1S/C16H16F3N3O4/c1-9-6-21(7-12(26-9)14(24)25)13(23)8-22-11-5-3-2-4-10(11)20-15(22)16(17,18)19/h2-5,9,12H,6-8H2,1H3,(H,24,25)/t9-,12?/m1/s1. The topological polar surface area (TPSA) is 84.7 Å². The van der Waals surface area contributed by atoms with E-state index in [-0.39, 0.29) is 24.1 Å². The number of rotatable bonds is 3. The minimum absolute atomic E-state index is 0.108. The summed E-state index contributed by atoms with van der Waals surface area (Å²) >= 11 is 0. The molecule has 1 aromatic carbocycles. The summed E-state index contributed by atoms with van der Waals surface area (Å²) in [6.07, 6.45) is -6.46. The van der Waals surface area contributed by atoms with Crippen molar-refractivity contribution in [2.24, 2.45) is 0 Å². The Morgan fingerprint density at radius 3 is 2.65 bits per heavy atom. The van der Waals surface area contributed by atoms with Gasteiger partial charge < -0.3 is 19.3 Å². The van der Waals surface area contributed by atoms with Crippen LogP contribution in [0.5, 0.6) is 0 Å². The summed E-state index contributed by atoms with van der Waals surface area (Å²) in [7, 11) is 0. The molecule has 2 aromatic rings. The molecule has 0 radical (unpaired) electrons. The Hall–Kier alpha value is -2.62. The Balaban J connectivity index is 1.91. The smallest absolute Gasteiger partial charge is 0.449 e. The van der Waals surface area contributed by atoms with Gasteiger partial charge >= 0.3 is 12.1 Å². The number of para-hydroxylation sites is 2. The lowest BCUT2D eigenvalue weighted by Gasteiger charge is -2.35. The van der Waals surface area contributed by atoms with Gasteiger partial charge in [-0.2, -0.15) is 13.2 Å². The lowest BCUT2D eigenvalue weighted by Crippen LogP contribution is -2.52. The highest BCUT2D eigenvalue weighted by atomic mass is 19.4. The maximum absolute atomic E-state index is 13.3. The molecule has 140 valence electrons. The predicted molar refractivity (Wildman–Crippen MR) is 83.3 cm³/mol. The van der Waals surface area contributed by atoms with Crippen LogP contribution in [0.4, 0.5) is 13.2 Å². The highest BCUT2D eigenvalue weighted by molar-refractivity contribution is 5.82. The third-order valence-electron chi connectivity index (χ3n) is 4.09. The zero-order valence-corrected chi connectivity index (χ0v) is 13.7. The van der Waals surface area contributed by atoms with Crippen molar-refractivity contribution in [3.05, 3.63) is 30.1 Å². The number of carbonyl (C=O) groups excluding carboxylic acids is 1. The normalized spacial score (nSPS) is 21.2. The molecule has 2 atom stereocenters. The molecule has 1 amide bonds. The Bertz CT molecular complexity index is 849. The first-order chi connectivity index (χ1) is 12.2. The fourth-order valence-corrected chi connectivity index (χ4v) is 2.98. The molecule has 0 spiro atoms. The van der Waals surface area contributed by atoms with E-state index in [4.69, 9.17) is 9.84 Å². The lowest BCUT2D eigenvalue weighted by molar-refractivity contribution is -0.167.